The van der Waals surface area contributed by atoms with E-state index in [1.165, 1.54) is 16.1 Å². The lowest BCUT2D eigenvalue weighted by atomic mass is 10.1. The van der Waals surface area contributed by atoms with Crippen molar-refractivity contribution in [2.24, 2.45) is 0 Å². The SMILES string of the molecule is CCc1ccc(CNC(=O)CN2NC(c3ccc(C)cc3)=CCC2=O)cc1. The van der Waals surface area contributed by atoms with E-state index in [-0.39, 0.29) is 24.8 Å². The number of carbonyl (C=O) groups excluding carboxylic acids is 2. The summed E-state index contributed by atoms with van der Waals surface area (Å²) < 4.78 is 0. The van der Waals surface area contributed by atoms with Gasteiger partial charge in [0.1, 0.15) is 6.54 Å². The van der Waals surface area contributed by atoms with Crippen LogP contribution in [0.5, 0.6) is 0 Å². The molecule has 0 saturated carbocycles. The van der Waals surface area contributed by atoms with Crippen molar-refractivity contribution >= 4 is 17.5 Å². The molecule has 1 aliphatic heterocycles. The van der Waals surface area contributed by atoms with Crippen LogP contribution in [-0.4, -0.2) is 23.4 Å². The number of nitrogens with zero attached hydrogens (tertiary/aromatic N) is 1. The predicted octanol–water partition coefficient (Wildman–Crippen LogP) is 2.95. The molecular weight excluding hydrogens is 338 g/mol. The second kappa shape index (κ2) is 8.54. The monoisotopic (exact) mass is 363 g/mol. The molecule has 0 saturated heterocycles. The number of hydrazine groups is 1. The highest BCUT2D eigenvalue weighted by Crippen LogP contribution is 2.17. The number of nitrogens with one attached hydrogen (secondary N) is 2. The highest BCUT2D eigenvalue weighted by atomic mass is 16.2. The Morgan fingerprint density at radius 3 is 2.41 bits per heavy atom. The Balaban J connectivity index is 1.55. The minimum Gasteiger partial charge on any atom is -0.350 e. The summed E-state index contributed by atoms with van der Waals surface area (Å²) in [6.45, 7) is 4.57. The molecule has 2 aromatic carbocycles. The average molecular weight is 363 g/mol. The van der Waals surface area contributed by atoms with E-state index in [4.69, 9.17) is 0 Å². The largest absolute Gasteiger partial charge is 0.350 e. The minimum atomic E-state index is -0.194. The van der Waals surface area contributed by atoms with Crippen LogP contribution in [0.1, 0.15) is 35.6 Å². The van der Waals surface area contributed by atoms with E-state index in [0.717, 1.165) is 23.2 Å². The second-order valence-electron chi connectivity index (χ2n) is 6.73. The number of hydrogen-bond donors (Lipinski definition) is 2. The third-order valence-electron chi connectivity index (χ3n) is 4.62. The molecule has 0 aromatic heterocycles. The van der Waals surface area contributed by atoms with E-state index in [1.807, 2.05) is 49.4 Å². The molecule has 1 aliphatic rings. The Morgan fingerprint density at radius 2 is 1.74 bits per heavy atom. The molecule has 5 nitrogen and oxygen atoms in total. The van der Waals surface area contributed by atoms with Crippen LogP contribution in [0.4, 0.5) is 0 Å². The van der Waals surface area contributed by atoms with E-state index in [2.05, 4.69) is 29.8 Å². The molecule has 140 valence electrons. The van der Waals surface area contributed by atoms with Crippen molar-refractivity contribution in [2.45, 2.75) is 33.2 Å². The van der Waals surface area contributed by atoms with E-state index in [0.29, 0.717) is 6.54 Å². The van der Waals surface area contributed by atoms with Crippen LogP contribution in [0.2, 0.25) is 0 Å². The first-order chi connectivity index (χ1) is 13.0. The lowest BCUT2D eigenvalue weighted by Gasteiger charge is -2.29. The maximum absolute atomic E-state index is 12.3. The summed E-state index contributed by atoms with van der Waals surface area (Å²) in [5, 5.41) is 4.25. The van der Waals surface area contributed by atoms with Gasteiger partial charge in [-0.2, -0.15) is 0 Å². The molecule has 0 radical (unpaired) electrons. The molecule has 2 amide bonds. The van der Waals surface area contributed by atoms with E-state index < -0.39 is 0 Å². The van der Waals surface area contributed by atoms with Crippen molar-refractivity contribution in [2.75, 3.05) is 6.54 Å². The molecular formula is C22H25N3O2. The van der Waals surface area contributed by atoms with Crippen molar-refractivity contribution in [3.63, 3.8) is 0 Å². The van der Waals surface area contributed by atoms with E-state index in [9.17, 15) is 9.59 Å². The van der Waals surface area contributed by atoms with Gasteiger partial charge in [0.15, 0.2) is 0 Å². The minimum absolute atomic E-state index is 0.0188. The lowest BCUT2D eigenvalue weighted by Crippen LogP contribution is -2.49. The summed E-state index contributed by atoms with van der Waals surface area (Å²) in [5.74, 6) is -0.311. The first-order valence-corrected chi connectivity index (χ1v) is 9.24. The predicted molar refractivity (Wildman–Crippen MR) is 106 cm³/mol. The van der Waals surface area contributed by atoms with Crippen LogP contribution in [-0.2, 0) is 22.6 Å². The highest BCUT2D eigenvalue weighted by molar-refractivity contribution is 5.88. The highest BCUT2D eigenvalue weighted by Gasteiger charge is 2.22. The van der Waals surface area contributed by atoms with Gasteiger partial charge >= 0.3 is 0 Å². The van der Waals surface area contributed by atoms with Crippen molar-refractivity contribution < 1.29 is 9.59 Å². The lowest BCUT2D eigenvalue weighted by molar-refractivity contribution is -0.137. The molecule has 0 spiro atoms. The van der Waals surface area contributed by atoms with Crippen LogP contribution in [0.15, 0.2) is 54.6 Å². The first kappa shape index (κ1) is 18.7. The quantitative estimate of drug-likeness (QED) is 0.829. The van der Waals surface area contributed by atoms with Gasteiger partial charge in [0.05, 0.1) is 5.70 Å². The zero-order valence-corrected chi connectivity index (χ0v) is 15.8. The number of aryl methyl sites for hydroxylation is 2. The molecule has 0 bridgehead atoms. The Hall–Kier alpha value is -3.08. The topological polar surface area (TPSA) is 61.4 Å². The second-order valence-corrected chi connectivity index (χ2v) is 6.73. The van der Waals surface area contributed by atoms with Gasteiger partial charge in [-0.05, 0) is 36.1 Å². The van der Waals surface area contributed by atoms with Crippen LogP contribution >= 0.6 is 0 Å². The molecule has 0 aliphatic carbocycles. The number of amides is 2. The standard InChI is InChI=1S/C22H25N3O2/c1-3-17-6-8-18(9-7-17)14-23-21(26)15-25-22(27)13-12-20(24-25)19-10-4-16(2)5-11-19/h4-12,24H,3,13-15H2,1-2H3,(H,23,26). The van der Waals surface area contributed by atoms with E-state index in [1.54, 1.807) is 0 Å². The fraction of sp³-hybridized carbons (Fsp3) is 0.273. The van der Waals surface area contributed by atoms with Gasteiger partial charge in [-0.3, -0.25) is 15.0 Å². The van der Waals surface area contributed by atoms with Crippen molar-refractivity contribution in [3.8, 4) is 0 Å². The Labute approximate surface area is 160 Å². The van der Waals surface area contributed by atoms with Gasteiger partial charge < -0.3 is 5.32 Å². The summed E-state index contributed by atoms with van der Waals surface area (Å²) in [7, 11) is 0. The smallest absolute Gasteiger partial charge is 0.245 e. The molecule has 0 atom stereocenters. The normalized spacial score (nSPS) is 13.8. The van der Waals surface area contributed by atoms with Crippen LogP contribution < -0.4 is 10.7 Å². The zero-order chi connectivity index (χ0) is 19.2. The van der Waals surface area contributed by atoms with Gasteiger partial charge in [-0.15, -0.1) is 0 Å². The van der Waals surface area contributed by atoms with Gasteiger partial charge in [0.25, 0.3) is 0 Å². The summed E-state index contributed by atoms with van der Waals surface area (Å²) in [5.41, 5.74) is 8.39. The van der Waals surface area contributed by atoms with Gasteiger partial charge in [-0.25, -0.2) is 5.01 Å². The number of rotatable bonds is 6. The van der Waals surface area contributed by atoms with Crippen LogP contribution in [0.3, 0.4) is 0 Å². The van der Waals surface area contributed by atoms with Gasteiger partial charge in [0.2, 0.25) is 11.8 Å². The number of hydrogen-bond acceptors (Lipinski definition) is 3. The van der Waals surface area contributed by atoms with Crippen LogP contribution in [0.25, 0.3) is 5.70 Å². The molecule has 27 heavy (non-hydrogen) atoms. The molecule has 2 N–H and O–H groups in total. The maximum Gasteiger partial charge on any atom is 0.245 e. The molecule has 0 fully saturated rings. The molecule has 1 heterocycles. The average Bonchev–Trinajstić information content (AvgIpc) is 2.69. The summed E-state index contributed by atoms with van der Waals surface area (Å²) in [6.07, 6.45) is 3.13. The molecule has 2 aromatic rings. The maximum atomic E-state index is 12.3. The van der Waals surface area contributed by atoms with Crippen molar-refractivity contribution in [1.82, 2.24) is 15.8 Å². The fourth-order valence-electron chi connectivity index (χ4n) is 2.89. The summed E-state index contributed by atoms with van der Waals surface area (Å²) in [6, 6.07) is 16.2. The third kappa shape index (κ3) is 4.97. The Kier molecular flexibility index (Phi) is 5.91. The van der Waals surface area contributed by atoms with E-state index >= 15 is 0 Å². The summed E-state index contributed by atoms with van der Waals surface area (Å²) >= 11 is 0. The Morgan fingerprint density at radius 1 is 1.07 bits per heavy atom. The van der Waals surface area contributed by atoms with Crippen LogP contribution in [0, 0.1) is 6.92 Å². The fourth-order valence-corrected chi connectivity index (χ4v) is 2.89. The van der Waals surface area contributed by atoms with Crippen molar-refractivity contribution in [1.29, 1.82) is 0 Å². The first-order valence-electron chi connectivity index (χ1n) is 9.24. The van der Waals surface area contributed by atoms with Gasteiger partial charge in [-0.1, -0.05) is 61.0 Å². The molecule has 5 heteroatoms. The van der Waals surface area contributed by atoms with Crippen molar-refractivity contribution in [3.05, 3.63) is 76.9 Å². The zero-order valence-electron chi connectivity index (χ0n) is 15.8. The molecule has 3 rings (SSSR count). The van der Waals surface area contributed by atoms with Gasteiger partial charge in [0, 0.05) is 13.0 Å². The number of benzene rings is 2. The summed E-state index contributed by atoms with van der Waals surface area (Å²) in [4.78, 5) is 24.4. The number of carbonyl (C=O) groups is 2. The Bertz CT molecular complexity index is 839. The molecule has 0 unspecified atom stereocenters. The third-order valence-corrected chi connectivity index (χ3v) is 4.62.